The Kier molecular flexibility index (Phi) is 5.03. The van der Waals surface area contributed by atoms with Crippen molar-refractivity contribution < 1.29 is 9.59 Å². The average molecular weight is 293 g/mol. The Morgan fingerprint density at radius 2 is 1.80 bits per heavy atom. The zero-order chi connectivity index (χ0) is 14.5. The Labute approximate surface area is 122 Å². The number of nitrogens with one attached hydrogen (secondary N) is 3. The molecule has 0 aliphatic carbocycles. The second-order valence-electron chi connectivity index (χ2n) is 4.98. The van der Waals surface area contributed by atoms with E-state index >= 15 is 0 Å². The molecule has 2 amide bonds. The molecule has 108 valence electrons. The molecule has 1 atom stereocenters. The molecule has 20 heavy (non-hydrogen) atoms. The largest absolute Gasteiger partial charge is 0.326 e. The molecule has 0 bridgehead atoms. The fraction of sp³-hybridized carbons (Fsp3) is 0.429. The number of hydrogen-bond acceptors (Lipinski definition) is 4. The van der Waals surface area contributed by atoms with Crippen LogP contribution in [0.15, 0.2) is 24.3 Å². The van der Waals surface area contributed by atoms with E-state index in [1.165, 1.54) is 0 Å². The van der Waals surface area contributed by atoms with Gasteiger partial charge in [-0.05, 0) is 24.3 Å². The molecule has 3 N–H and O–H groups in total. The molecule has 0 spiro atoms. The van der Waals surface area contributed by atoms with Crippen molar-refractivity contribution in [3.8, 4) is 0 Å². The number of anilines is 2. The minimum atomic E-state index is -0.125. The van der Waals surface area contributed by atoms with Crippen molar-refractivity contribution >= 4 is 35.0 Å². The minimum absolute atomic E-state index is 0.0195. The van der Waals surface area contributed by atoms with E-state index in [0.717, 1.165) is 23.0 Å². The van der Waals surface area contributed by atoms with Gasteiger partial charge in [-0.1, -0.05) is 13.8 Å². The van der Waals surface area contributed by atoms with Crippen LogP contribution in [-0.2, 0) is 9.59 Å². The third-order valence-electron chi connectivity index (χ3n) is 2.98. The first-order valence-corrected chi connectivity index (χ1v) is 7.74. The third kappa shape index (κ3) is 3.98. The molecule has 1 aromatic carbocycles. The van der Waals surface area contributed by atoms with E-state index in [1.807, 2.05) is 13.8 Å². The van der Waals surface area contributed by atoms with E-state index in [0.29, 0.717) is 0 Å². The van der Waals surface area contributed by atoms with Crippen LogP contribution in [0.1, 0.15) is 13.8 Å². The highest BCUT2D eigenvalue weighted by molar-refractivity contribution is 7.99. The van der Waals surface area contributed by atoms with Crippen LogP contribution in [0.25, 0.3) is 0 Å². The van der Waals surface area contributed by atoms with Gasteiger partial charge in [0, 0.05) is 28.9 Å². The first-order valence-electron chi connectivity index (χ1n) is 6.59. The summed E-state index contributed by atoms with van der Waals surface area (Å²) in [6.45, 7) is 3.69. The Morgan fingerprint density at radius 3 is 2.30 bits per heavy atom. The summed E-state index contributed by atoms with van der Waals surface area (Å²) >= 11 is 1.71. The number of hydrogen-bond donors (Lipinski definition) is 3. The number of amides is 2. The fourth-order valence-electron chi connectivity index (χ4n) is 1.72. The van der Waals surface area contributed by atoms with E-state index in [4.69, 9.17) is 0 Å². The number of carbonyl (C=O) groups excluding carboxylic acids is 2. The number of rotatable bonds is 4. The Balaban J connectivity index is 1.91. The Morgan fingerprint density at radius 1 is 1.20 bits per heavy atom. The van der Waals surface area contributed by atoms with Crippen molar-refractivity contribution in [2.75, 3.05) is 22.3 Å². The van der Waals surface area contributed by atoms with Crippen LogP contribution in [0.4, 0.5) is 11.4 Å². The molecule has 0 radical (unpaired) electrons. The zero-order valence-electron chi connectivity index (χ0n) is 11.6. The third-order valence-corrected chi connectivity index (χ3v) is 3.92. The van der Waals surface area contributed by atoms with E-state index in [2.05, 4.69) is 16.0 Å². The van der Waals surface area contributed by atoms with Gasteiger partial charge in [0.05, 0.1) is 6.04 Å². The number of thioether (sulfide) groups is 1. The molecule has 2 rings (SSSR count). The van der Waals surface area contributed by atoms with Crippen molar-refractivity contribution in [3.05, 3.63) is 24.3 Å². The van der Waals surface area contributed by atoms with Crippen molar-refractivity contribution in [1.82, 2.24) is 5.32 Å². The molecule has 1 aliphatic rings. The molecule has 1 aliphatic heterocycles. The second-order valence-corrected chi connectivity index (χ2v) is 6.01. The molecule has 1 saturated heterocycles. The first kappa shape index (κ1) is 14.9. The predicted molar refractivity (Wildman–Crippen MR) is 82.8 cm³/mol. The smallest absolute Gasteiger partial charge is 0.242 e. The molecule has 1 aromatic rings. The van der Waals surface area contributed by atoms with Gasteiger partial charge >= 0.3 is 0 Å². The van der Waals surface area contributed by atoms with Crippen LogP contribution in [0, 0.1) is 5.92 Å². The summed E-state index contributed by atoms with van der Waals surface area (Å²) in [7, 11) is 0. The molecule has 1 heterocycles. The standard InChI is InChI=1S/C14H19N3O2S/c1-9(2)13(18)16-10-3-5-11(6-4-10)17-14(19)12-7-20-8-15-12/h3-6,9,12,15H,7-8H2,1-2H3,(H,16,18)(H,17,19). The van der Waals surface area contributed by atoms with E-state index in [1.54, 1.807) is 36.0 Å². The number of carbonyl (C=O) groups is 2. The van der Waals surface area contributed by atoms with Crippen LogP contribution < -0.4 is 16.0 Å². The Hall–Kier alpha value is -1.53. The highest BCUT2D eigenvalue weighted by Crippen LogP contribution is 2.16. The summed E-state index contributed by atoms with van der Waals surface area (Å²) in [5.74, 6) is 1.52. The molecule has 6 heteroatoms. The second kappa shape index (κ2) is 6.76. The van der Waals surface area contributed by atoms with Gasteiger partial charge in [0.15, 0.2) is 0 Å². The minimum Gasteiger partial charge on any atom is -0.326 e. The van der Waals surface area contributed by atoms with Gasteiger partial charge in [-0.3, -0.25) is 14.9 Å². The van der Waals surface area contributed by atoms with Gasteiger partial charge in [0.2, 0.25) is 11.8 Å². The molecular formula is C14H19N3O2S. The van der Waals surface area contributed by atoms with Crippen molar-refractivity contribution in [1.29, 1.82) is 0 Å². The SMILES string of the molecule is CC(C)C(=O)Nc1ccc(NC(=O)C2CSCN2)cc1. The summed E-state index contributed by atoms with van der Waals surface area (Å²) in [6, 6.07) is 7.02. The first-order chi connectivity index (χ1) is 9.56. The van der Waals surface area contributed by atoms with E-state index in [9.17, 15) is 9.59 Å². The van der Waals surface area contributed by atoms with Crippen molar-refractivity contribution in [3.63, 3.8) is 0 Å². The Bertz CT molecular complexity index is 482. The van der Waals surface area contributed by atoms with Gasteiger partial charge in [0.25, 0.3) is 0 Å². The van der Waals surface area contributed by atoms with Gasteiger partial charge in [-0.25, -0.2) is 0 Å². The van der Waals surface area contributed by atoms with Gasteiger partial charge < -0.3 is 10.6 Å². The average Bonchev–Trinajstić information content (AvgIpc) is 2.95. The normalized spacial score (nSPS) is 18.1. The fourth-order valence-corrected chi connectivity index (χ4v) is 2.66. The quantitative estimate of drug-likeness (QED) is 0.793. The van der Waals surface area contributed by atoms with Crippen molar-refractivity contribution in [2.45, 2.75) is 19.9 Å². The van der Waals surface area contributed by atoms with Gasteiger partial charge in [-0.2, -0.15) is 0 Å². The molecule has 5 nitrogen and oxygen atoms in total. The highest BCUT2D eigenvalue weighted by atomic mass is 32.2. The summed E-state index contributed by atoms with van der Waals surface area (Å²) in [6.07, 6.45) is 0. The maximum atomic E-state index is 11.9. The topological polar surface area (TPSA) is 70.2 Å². The van der Waals surface area contributed by atoms with Gasteiger partial charge in [0.1, 0.15) is 0 Å². The molecule has 1 fully saturated rings. The van der Waals surface area contributed by atoms with E-state index in [-0.39, 0.29) is 23.8 Å². The molecule has 0 saturated carbocycles. The summed E-state index contributed by atoms with van der Waals surface area (Å²) in [5, 5.41) is 8.79. The summed E-state index contributed by atoms with van der Waals surface area (Å²) < 4.78 is 0. The zero-order valence-corrected chi connectivity index (χ0v) is 12.4. The molecule has 1 unspecified atom stereocenters. The number of benzene rings is 1. The van der Waals surface area contributed by atoms with Crippen LogP contribution in [-0.4, -0.2) is 29.5 Å². The van der Waals surface area contributed by atoms with E-state index < -0.39 is 0 Å². The van der Waals surface area contributed by atoms with Crippen LogP contribution in [0.3, 0.4) is 0 Å². The summed E-state index contributed by atoms with van der Waals surface area (Å²) in [4.78, 5) is 23.5. The maximum Gasteiger partial charge on any atom is 0.242 e. The lowest BCUT2D eigenvalue weighted by Crippen LogP contribution is -2.37. The predicted octanol–water partition coefficient (Wildman–Crippen LogP) is 1.88. The highest BCUT2D eigenvalue weighted by Gasteiger charge is 2.22. The van der Waals surface area contributed by atoms with Crippen molar-refractivity contribution in [2.24, 2.45) is 5.92 Å². The lowest BCUT2D eigenvalue weighted by Gasteiger charge is -2.11. The summed E-state index contributed by atoms with van der Waals surface area (Å²) in [5.41, 5.74) is 1.47. The monoisotopic (exact) mass is 293 g/mol. The van der Waals surface area contributed by atoms with Crippen LogP contribution >= 0.6 is 11.8 Å². The molecule has 0 aromatic heterocycles. The lowest BCUT2D eigenvalue weighted by atomic mass is 10.2. The van der Waals surface area contributed by atoms with Gasteiger partial charge in [-0.15, -0.1) is 11.8 Å². The maximum absolute atomic E-state index is 11.9. The van der Waals surface area contributed by atoms with Crippen LogP contribution in [0.5, 0.6) is 0 Å². The molecular weight excluding hydrogens is 274 g/mol. The lowest BCUT2D eigenvalue weighted by molar-refractivity contribution is -0.119. The van der Waals surface area contributed by atoms with Crippen LogP contribution in [0.2, 0.25) is 0 Å².